The molecule has 0 aromatic heterocycles. The Kier molecular flexibility index (Phi) is 25.4. The zero-order valence-corrected chi connectivity index (χ0v) is 49.5. The van der Waals surface area contributed by atoms with Gasteiger partial charge >= 0.3 is 108 Å². The van der Waals surface area contributed by atoms with Crippen LogP contribution in [0.3, 0.4) is 0 Å². The van der Waals surface area contributed by atoms with Crippen molar-refractivity contribution in [3.8, 4) is 34.5 Å². The molecule has 0 heterocycles. The van der Waals surface area contributed by atoms with Crippen LogP contribution in [0.5, 0.6) is 34.5 Å². The molecule has 0 aliphatic rings. The van der Waals surface area contributed by atoms with Gasteiger partial charge in [0.05, 0.1) is 39.6 Å². The minimum absolute atomic E-state index is 0.374. The van der Waals surface area contributed by atoms with Gasteiger partial charge in [-0.2, -0.15) is 184 Å². The predicted molar refractivity (Wildman–Crippen MR) is 263 cm³/mol. The highest BCUT2D eigenvalue weighted by molar-refractivity contribution is 6.27. The van der Waals surface area contributed by atoms with Crippen LogP contribution in [0.4, 0.5) is 184 Å². The summed E-state index contributed by atoms with van der Waals surface area (Å²) < 4.78 is 603. The number of hydrogen-bond donors (Lipinski definition) is 0. The highest BCUT2D eigenvalue weighted by Gasteiger charge is 2.77. The lowest BCUT2D eigenvalue weighted by molar-refractivity contribution is -0.356. The Morgan fingerprint density at radius 1 is 0.167 bits per heavy atom. The molecule has 0 saturated heterocycles. The SMILES string of the molecule is FC(F)(F)C(F)(F)C(F)(F)CCCOc1cc2c3cc(OCCCC(F)(F)C(F)(F)C(F)(F)F)c(OCCCC(F)(F)C(F)(F)C(F)(F)F)cc3c3cc(OCCCC(F)(F)C(F)(F)C(F)(F)F)c(OCCCC(F)(F)C(F)(F)C(F)(F)F)cc3c2cc1OCCCC(F)(F)C(F)(F)C(F)(F)F. The lowest BCUT2D eigenvalue weighted by Gasteiger charge is -2.28. The van der Waals surface area contributed by atoms with E-state index in [1.165, 1.54) is 0 Å². The second kappa shape index (κ2) is 29.5. The van der Waals surface area contributed by atoms with Crippen LogP contribution in [0.25, 0.3) is 32.3 Å². The first kappa shape index (κ1) is 87.9. The van der Waals surface area contributed by atoms with Crippen molar-refractivity contribution in [2.24, 2.45) is 0 Å². The molecular formula is C54H42F42O6. The Hall–Kier alpha value is -6.48. The van der Waals surface area contributed by atoms with Gasteiger partial charge in [0.15, 0.2) is 34.5 Å². The lowest BCUT2D eigenvalue weighted by Crippen LogP contribution is -2.51. The summed E-state index contributed by atoms with van der Waals surface area (Å²) in [5.74, 6) is -85.1. The Labute approximate surface area is 540 Å². The molecule has 4 rings (SSSR count). The van der Waals surface area contributed by atoms with Gasteiger partial charge in [-0.05, 0) is 107 Å². The molecule has 0 atom stereocenters. The number of hydrogen-bond acceptors (Lipinski definition) is 6. The van der Waals surface area contributed by atoms with E-state index in [2.05, 4.69) is 0 Å². The summed E-state index contributed by atoms with van der Waals surface area (Å²) in [5, 5.41) is -5.12. The summed E-state index contributed by atoms with van der Waals surface area (Å²) in [7, 11) is 0. The number of halogens is 42. The summed E-state index contributed by atoms with van der Waals surface area (Å²) in [6.07, 6.45) is -67.3. The fraction of sp³-hybridized carbons (Fsp3) is 0.667. The number of fused-ring (bicyclic) bond motifs is 6. The summed E-state index contributed by atoms with van der Waals surface area (Å²) in [4.78, 5) is 0. The van der Waals surface area contributed by atoms with Crippen molar-refractivity contribution in [3.63, 3.8) is 0 Å². The summed E-state index contributed by atoms with van der Waals surface area (Å²) in [6.45, 7) is -9.68. The predicted octanol–water partition coefficient (Wildman–Crippen LogP) is 23.1. The van der Waals surface area contributed by atoms with Crippen molar-refractivity contribution in [2.75, 3.05) is 39.6 Å². The van der Waals surface area contributed by atoms with E-state index in [0.717, 1.165) is 0 Å². The molecule has 4 aromatic carbocycles. The van der Waals surface area contributed by atoms with Crippen LogP contribution in [-0.2, 0) is 0 Å². The number of benzene rings is 4. The molecule has 0 unspecified atom stereocenters. The van der Waals surface area contributed by atoms with Crippen LogP contribution < -0.4 is 28.4 Å². The largest absolute Gasteiger partial charge is 0.490 e. The molecule has 0 fully saturated rings. The zero-order valence-electron chi connectivity index (χ0n) is 49.5. The molecule has 48 heteroatoms. The van der Waals surface area contributed by atoms with Crippen LogP contribution in [0, 0.1) is 0 Å². The van der Waals surface area contributed by atoms with E-state index >= 15 is 0 Å². The minimum atomic E-state index is -7.00. The Balaban J connectivity index is 2.19. The second-order valence-electron chi connectivity index (χ2n) is 21.9. The van der Waals surface area contributed by atoms with Gasteiger partial charge in [0.1, 0.15) is 0 Å². The van der Waals surface area contributed by atoms with Gasteiger partial charge in [-0.25, -0.2) is 0 Å². The Bertz CT molecular complexity index is 2860. The first-order valence-electron chi connectivity index (χ1n) is 27.7. The Morgan fingerprint density at radius 3 is 0.353 bits per heavy atom. The van der Waals surface area contributed by atoms with Gasteiger partial charge in [0.25, 0.3) is 0 Å². The maximum atomic E-state index is 14.4. The average Bonchev–Trinajstić information content (AvgIpc) is 0.722. The lowest BCUT2D eigenvalue weighted by atomic mass is 9.93. The highest BCUT2D eigenvalue weighted by Crippen LogP contribution is 2.56. The van der Waals surface area contributed by atoms with Gasteiger partial charge in [-0.15, -0.1) is 0 Å². The molecule has 0 saturated carbocycles. The number of rotatable bonds is 36. The van der Waals surface area contributed by atoms with E-state index in [0.29, 0.717) is 36.4 Å². The third-order valence-electron chi connectivity index (χ3n) is 14.4. The molecule has 0 amide bonds. The molecule has 0 N–H and O–H groups in total. The minimum Gasteiger partial charge on any atom is -0.490 e. The summed E-state index contributed by atoms with van der Waals surface area (Å²) in [6, 6.07) is 2.24. The molecule has 0 bridgehead atoms. The van der Waals surface area contributed by atoms with E-state index in [-0.39, 0.29) is 0 Å². The van der Waals surface area contributed by atoms with Gasteiger partial charge in [-0.1, -0.05) is 0 Å². The van der Waals surface area contributed by atoms with Gasteiger partial charge in [0.2, 0.25) is 0 Å². The average molecular weight is 1580 g/mol. The standard InChI is InChI=1S/C54H42F42O6/c55-37(56,43(67,68)49(79,80)81)7-1-13-97-31-19-25-26(20-32(31)98-14-2-8-38(57,58)44(69,70)50(82,83)84)28-22-34(100-16-4-10-40(61,62)46(73,74)52(88,89)90)36(102-18-6-12-42(65,66)48(77,78)54(94,95)96)24-30(28)29-23-35(101-17-5-11-41(63,64)47(75,76)53(91,92)93)33(21-27(25)29)99-15-3-9-39(59,60)45(71,72)51(85,86)87/h19-24H,1-18H2. The topological polar surface area (TPSA) is 55.4 Å². The van der Waals surface area contributed by atoms with Gasteiger partial charge in [0, 0.05) is 38.5 Å². The van der Waals surface area contributed by atoms with E-state index in [9.17, 15) is 184 Å². The molecule has 0 aliphatic heterocycles. The van der Waals surface area contributed by atoms with Crippen LogP contribution in [0.2, 0.25) is 0 Å². The van der Waals surface area contributed by atoms with Crippen LogP contribution in [0.15, 0.2) is 36.4 Å². The monoisotopic (exact) mass is 1580 g/mol. The maximum Gasteiger partial charge on any atom is 0.459 e. The van der Waals surface area contributed by atoms with Crippen molar-refractivity contribution < 1.29 is 213 Å². The van der Waals surface area contributed by atoms with Crippen LogP contribution in [0.1, 0.15) is 77.0 Å². The van der Waals surface area contributed by atoms with Crippen LogP contribution >= 0.6 is 0 Å². The molecule has 6 nitrogen and oxygen atoms in total. The zero-order chi connectivity index (χ0) is 79.1. The fourth-order valence-electron chi connectivity index (χ4n) is 8.74. The quantitative estimate of drug-likeness (QED) is 0.0257. The van der Waals surface area contributed by atoms with Crippen molar-refractivity contribution in [3.05, 3.63) is 36.4 Å². The Morgan fingerprint density at radius 2 is 0.265 bits per heavy atom. The second-order valence-corrected chi connectivity index (χ2v) is 21.9. The number of ether oxygens (including phenoxy) is 6. The molecule has 588 valence electrons. The smallest absolute Gasteiger partial charge is 0.459 e. The van der Waals surface area contributed by atoms with Crippen molar-refractivity contribution in [1.29, 1.82) is 0 Å². The van der Waals surface area contributed by atoms with E-state index in [1.54, 1.807) is 0 Å². The normalized spacial score (nSPS) is 14.9. The van der Waals surface area contributed by atoms with E-state index < -0.39 is 292 Å². The molecule has 102 heavy (non-hydrogen) atoms. The van der Waals surface area contributed by atoms with Gasteiger partial charge in [-0.3, -0.25) is 0 Å². The number of alkyl halides is 42. The third-order valence-corrected chi connectivity index (χ3v) is 14.4. The third kappa shape index (κ3) is 18.2. The van der Waals surface area contributed by atoms with E-state index in [1.807, 2.05) is 0 Å². The molecular weight excluding hydrogens is 1540 g/mol. The molecule has 0 radical (unpaired) electrons. The van der Waals surface area contributed by atoms with Crippen LogP contribution in [-0.4, -0.2) is 148 Å². The van der Waals surface area contributed by atoms with Crippen molar-refractivity contribution in [1.82, 2.24) is 0 Å². The maximum absolute atomic E-state index is 14.4. The first-order valence-corrected chi connectivity index (χ1v) is 27.7. The molecule has 0 aliphatic carbocycles. The van der Waals surface area contributed by atoms with Crippen molar-refractivity contribution in [2.45, 2.75) is 185 Å². The molecule has 4 aromatic rings. The summed E-state index contributed by atoms with van der Waals surface area (Å²) in [5.41, 5.74) is 0. The first-order chi connectivity index (χ1) is 45.5. The van der Waals surface area contributed by atoms with Crippen molar-refractivity contribution >= 4 is 32.3 Å². The highest BCUT2D eigenvalue weighted by atomic mass is 19.5. The fourth-order valence-corrected chi connectivity index (χ4v) is 8.74. The van der Waals surface area contributed by atoms with Gasteiger partial charge < -0.3 is 28.4 Å². The van der Waals surface area contributed by atoms with E-state index in [4.69, 9.17) is 28.4 Å². The molecule has 0 spiro atoms. The summed E-state index contributed by atoms with van der Waals surface area (Å²) >= 11 is 0.